The Balaban J connectivity index is 0. The van der Waals surface area contributed by atoms with Crippen LogP contribution in [-0.4, -0.2) is 31.2 Å². The lowest BCUT2D eigenvalue weighted by molar-refractivity contribution is 0.505. The molecule has 7 heavy (non-hydrogen) atoms. The number of nitrogens with zero attached hydrogens (tertiary/aromatic N) is 1. The summed E-state index contributed by atoms with van der Waals surface area (Å²) in [6, 6.07) is 0. The van der Waals surface area contributed by atoms with Crippen LogP contribution in [0.15, 0.2) is 0 Å². The smallest absolute Gasteiger partial charge is 0.196 e. The number of hydrogen-bond donors (Lipinski definition) is 0. The van der Waals surface area contributed by atoms with Crippen LogP contribution < -0.4 is 0 Å². The van der Waals surface area contributed by atoms with Crippen LogP contribution in [-0.2, 0) is 0 Å². The van der Waals surface area contributed by atoms with Gasteiger partial charge in [-0.3, -0.25) is 0 Å². The molecule has 0 fully saturated rings. The molecule has 0 aliphatic carbocycles. The summed E-state index contributed by atoms with van der Waals surface area (Å²) in [5.41, 5.74) is 0. The Morgan fingerprint density at radius 3 is 1.29 bits per heavy atom. The van der Waals surface area contributed by atoms with Crippen LogP contribution in [0.25, 0.3) is 0 Å². The van der Waals surface area contributed by atoms with E-state index in [1.807, 2.05) is 38.0 Å². The topological polar surface area (TPSA) is 3.24 Å². The van der Waals surface area contributed by atoms with E-state index in [4.69, 9.17) is 0 Å². The Bertz CT molecular complexity index is 22.9. The average Bonchev–Trinajstić information content (AvgIpc) is 1.33. The molecule has 0 saturated heterocycles. The second-order valence-electron chi connectivity index (χ2n) is 1.56. The molecule has 0 rings (SSSR count). The van der Waals surface area contributed by atoms with E-state index in [0.29, 0.717) is 0 Å². The van der Waals surface area contributed by atoms with Crippen molar-refractivity contribution in [2.75, 3.05) is 21.1 Å². The van der Waals surface area contributed by atoms with E-state index in [2.05, 4.69) is 22.4 Å². The van der Waals surface area contributed by atoms with Crippen molar-refractivity contribution in [2.24, 2.45) is 0 Å². The molecule has 0 aromatic heterocycles. The first-order valence-electron chi connectivity index (χ1n) is 2.14. The first-order chi connectivity index (χ1) is 3.15. The number of halogens is 1. The van der Waals surface area contributed by atoms with Crippen molar-refractivity contribution >= 4 is 27.5 Å². The fourth-order valence-electron chi connectivity index (χ4n) is 0. The Kier molecular flexibility index (Phi) is 15.1. The van der Waals surface area contributed by atoms with Gasteiger partial charge in [0.25, 0.3) is 0 Å². The van der Waals surface area contributed by atoms with Gasteiger partial charge in [-0.15, -0.1) is 0 Å². The van der Waals surface area contributed by atoms with Crippen molar-refractivity contribution in [1.82, 2.24) is 4.90 Å². The fourth-order valence-corrected chi connectivity index (χ4v) is 0. The zero-order valence-electron chi connectivity index (χ0n) is 5.40. The molecule has 0 aromatic carbocycles. The summed E-state index contributed by atoms with van der Waals surface area (Å²) in [6.07, 6.45) is 0. The van der Waals surface area contributed by atoms with Crippen LogP contribution in [0.4, 0.5) is 0 Å². The van der Waals surface area contributed by atoms with Crippen molar-refractivity contribution in [3.8, 4) is 0 Å². The summed E-state index contributed by atoms with van der Waals surface area (Å²) in [4.78, 5) is 2.00. The Labute approximate surface area is 60.6 Å². The van der Waals surface area contributed by atoms with Gasteiger partial charge in [-0.25, -0.2) is 0 Å². The summed E-state index contributed by atoms with van der Waals surface area (Å²) in [7, 11) is 6.00. The molecule has 3 heteroatoms. The molecule has 0 atom stereocenters. The van der Waals surface area contributed by atoms with Crippen LogP contribution in [0.3, 0.4) is 0 Å². The minimum Gasteiger partial charge on any atom is -0.312 e. The predicted octanol–water partition coefficient (Wildman–Crippen LogP) is 1.27. The third kappa shape index (κ3) is 268. The van der Waals surface area contributed by atoms with Crippen molar-refractivity contribution in [1.29, 1.82) is 0 Å². The lowest BCUT2D eigenvalue weighted by Gasteiger charge is -1.90. The van der Waals surface area contributed by atoms with Gasteiger partial charge in [-0.05, 0) is 21.1 Å². The molecule has 0 amide bonds. The van der Waals surface area contributed by atoms with Gasteiger partial charge in [0.2, 0.25) is 0 Å². The summed E-state index contributed by atoms with van der Waals surface area (Å²) in [5, 5.41) is 1.97. The summed E-state index contributed by atoms with van der Waals surface area (Å²) >= 11 is 2.16. The molecule has 1 radical (unpaired) electrons. The summed E-state index contributed by atoms with van der Waals surface area (Å²) in [6.45, 7) is 1.99. The van der Waals surface area contributed by atoms with Gasteiger partial charge < -0.3 is 4.90 Å². The fraction of sp³-hybridized carbons (Fsp3) is 1.00. The number of hydrogen-bond acceptors (Lipinski definition) is 1. The zero-order valence-corrected chi connectivity index (χ0v) is 7.56. The van der Waals surface area contributed by atoms with Crippen molar-refractivity contribution < 1.29 is 0 Å². The molecule has 0 aliphatic heterocycles. The molecule has 43 valence electrons. The number of rotatable bonds is 0. The molecule has 0 N–H and O–H groups in total. The van der Waals surface area contributed by atoms with Gasteiger partial charge in [0.05, 0.1) is 0 Å². The highest BCUT2D eigenvalue weighted by molar-refractivity contribution is 14.1. The maximum Gasteiger partial charge on any atom is 0.196 e. The quantitative estimate of drug-likeness (QED) is 0.431. The van der Waals surface area contributed by atoms with Crippen LogP contribution in [0.1, 0.15) is 0 Å². The monoisotopic (exact) mass is 212 g/mol. The van der Waals surface area contributed by atoms with Gasteiger partial charge in [-0.2, -0.15) is 22.4 Å². The summed E-state index contributed by atoms with van der Waals surface area (Å²) in [5.74, 6) is 0. The Morgan fingerprint density at radius 2 is 1.29 bits per heavy atom. The minimum absolute atomic E-state index is 1.97. The SMILES string of the molecule is CN(C)C.C[B]I. The Morgan fingerprint density at radius 1 is 1.29 bits per heavy atom. The first-order valence-corrected chi connectivity index (χ1v) is 3.38. The molecule has 0 aromatic rings. The maximum atomic E-state index is 2.16. The second kappa shape index (κ2) is 9.89. The van der Waals surface area contributed by atoms with Crippen molar-refractivity contribution in [3.63, 3.8) is 0 Å². The van der Waals surface area contributed by atoms with E-state index in [-0.39, 0.29) is 0 Å². The van der Waals surface area contributed by atoms with E-state index >= 15 is 0 Å². The highest BCUT2D eigenvalue weighted by Crippen LogP contribution is 1.64. The summed E-state index contributed by atoms with van der Waals surface area (Å²) < 4.78 is 0. The molecule has 0 saturated carbocycles. The van der Waals surface area contributed by atoms with E-state index in [1.54, 1.807) is 0 Å². The van der Waals surface area contributed by atoms with E-state index in [1.165, 1.54) is 0 Å². The van der Waals surface area contributed by atoms with Crippen LogP contribution in [0.5, 0.6) is 0 Å². The van der Waals surface area contributed by atoms with Gasteiger partial charge in [0.15, 0.2) is 5.14 Å². The van der Waals surface area contributed by atoms with Crippen LogP contribution >= 0.6 is 22.4 Å². The average molecular weight is 212 g/mol. The van der Waals surface area contributed by atoms with Gasteiger partial charge in [-0.1, -0.05) is 6.82 Å². The largest absolute Gasteiger partial charge is 0.312 e. The van der Waals surface area contributed by atoms with Crippen LogP contribution in [0, 0.1) is 0 Å². The Hall–Kier alpha value is 0.755. The van der Waals surface area contributed by atoms with Gasteiger partial charge in [0, 0.05) is 0 Å². The minimum atomic E-state index is 1.97. The lowest BCUT2D eigenvalue weighted by Crippen LogP contribution is -1.99. The second-order valence-corrected chi connectivity index (χ2v) is 2.81. The molecular weight excluding hydrogens is 200 g/mol. The molecule has 0 bridgehead atoms. The molecule has 0 heterocycles. The van der Waals surface area contributed by atoms with Crippen LogP contribution in [0.2, 0.25) is 6.82 Å². The third-order valence-electron chi connectivity index (χ3n) is 0. The van der Waals surface area contributed by atoms with Gasteiger partial charge in [0.1, 0.15) is 0 Å². The van der Waals surface area contributed by atoms with Crippen molar-refractivity contribution in [3.05, 3.63) is 0 Å². The molecule has 0 aliphatic rings. The van der Waals surface area contributed by atoms with Gasteiger partial charge >= 0.3 is 0 Å². The predicted molar refractivity (Wildman–Crippen MR) is 45.2 cm³/mol. The zero-order chi connectivity index (χ0) is 6.28. The molecule has 0 spiro atoms. The van der Waals surface area contributed by atoms with Crippen molar-refractivity contribution in [2.45, 2.75) is 6.82 Å². The third-order valence-corrected chi connectivity index (χ3v) is 0. The lowest BCUT2D eigenvalue weighted by atomic mass is 10.2. The normalized spacial score (nSPS) is 7.14. The highest BCUT2D eigenvalue weighted by Gasteiger charge is 1.58. The first kappa shape index (κ1) is 10.7. The van der Waals surface area contributed by atoms with E-state index in [9.17, 15) is 0 Å². The maximum absolute atomic E-state index is 2.16. The van der Waals surface area contributed by atoms with E-state index in [0.717, 1.165) is 0 Å². The standard InChI is InChI=1S/C3H9N.CH3BI/c1-4(2)3;1-2-3/h1-3H3;1H3. The highest BCUT2D eigenvalue weighted by atomic mass is 127. The molecular formula is C4H12BIN. The molecule has 1 nitrogen and oxygen atoms in total. The molecule has 0 unspecified atom stereocenters. The van der Waals surface area contributed by atoms with E-state index < -0.39 is 0 Å².